The lowest BCUT2D eigenvalue weighted by molar-refractivity contribution is 0.351. The molecule has 1 aliphatic rings. The number of piperidine rings is 1. The van der Waals surface area contributed by atoms with Crippen molar-refractivity contribution in [3.63, 3.8) is 0 Å². The van der Waals surface area contributed by atoms with Crippen molar-refractivity contribution in [2.24, 2.45) is 4.99 Å². The van der Waals surface area contributed by atoms with Crippen LogP contribution < -0.4 is 4.74 Å². The van der Waals surface area contributed by atoms with Gasteiger partial charge in [0.15, 0.2) is 5.82 Å². The summed E-state index contributed by atoms with van der Waals surface area (Å²) in [6, 6.07) is 14.4. The van der Waals surface area contributed by atoms with Crippen LogP contribution in [-0.4, -0.2) is 33.7 Å². The van der Waals surface area contributed by atoms with Crippen molar-refractivity contribution in [2.45, 2.75) is 46.0 Å². The van der Waals surface area contributed by atoms with E-state index in [0.717, 1.165) is 41.5 Å². The zero-order valence-corrected chi connectivity index (χ0v) is 18.7. The van der Waals surface area contributed by atoms with Crippen LogP contribution in [-0.2, 0) is 0 Å². The molecule has 0 amide bonds. The largest absolute Gasteiger partial charge is 0.430 e. The average molecular weight is 421 g/mol. The molecule has 0 bridgehead atoms. The van der Waals surface area contributed by atoms with Crippen molar-refractivity contribution < 1.29 is 4.74 Å². The van der Waals surface area contributed by atoms with Crippen LogP contribution in [0.4, 0.5) is 5.69 Å². The molecule has 0 aliphatic carbocycles. The van der Waals surface area contributed by atoms with Gasteiger partial charge in [0.2, 0.25) is 0 Å². The van der Waals surface area contributed by atoms with Gasteiger partial charge >= 0.3 is 0 Å². The summed E-state index contributed by atoms with van der Waals surface area (Å²) in [5.41, 5.74) is 4.32. The Morgan fingerprint density at radius 2 is 1.83 bits per heavy atom. The molecule has 0 spiro atoms. The Morgan fingerprint density at radius 1 is 1.07 bits per heavy atom. The zero-order valence-electron chi connectivity index (χ0n) is 17.8. The number of benzene rings is 2. The molecule has 0 saturated carbocycles. The van der Waals surface area contributed by atoms with Crippen LogP contribution in [0.2, 0.25) is 0 Å². The van der Waals surface area contributed by atoms with Crippen LogP contribution in [0.1, 0.15) is 54.6 Å². The van der Waals surface area contributed by atoms with Gasteiger partial charge in [0.1, 0.15) is 5.75 Å². The highest BCUT2D eigenvalue weighted by atomic mass is 32.1. The van der Waals surface area contributed by atoms with Gasteiger partial charge < -0.3 is 9.64 Å². The van der Waals surface area contributed by atoms with E-state index in [1.54, 1.807) is 0 Å². The minimum Gasteiger partial charge on any atom is -0.430 e. The molecular formula is C24H28N4OS. The fourth-order valence-corrected chi connectivity index (χ4v) is 4.26. The van der Waals surface area contributed by atoms with Gasteiger partial charge in [0.05, 0.1) is 12.0 Å². The number of aromatic nitrogens is 2. The van der Waals surface area contributed by atoms with Crippen LogP contribution >= 0.6 is 11.5 Å². The Balaban J connectivity index is 1.47. The average Bonchev–Trinajstić information content (AvgIpc) is 3.24. The number of rotatable bonds is 6. The third-order valence-corrected chi connectivity index (χ3v) is 6.16. The molecule has 1 saturated heterocycles. The van der Waals surface area contributed by atoms with Gasteiger partial charge in [-0.25, -0.2) is 4.99 Å². The lowest BCUT2D eigenvalue weighted by atomic mass is 10.0. The summed E-state index contributed by atoms with van der Waals surface area (Å²) in [6.45, 7) is 8.43. The van der Waals surface area contributed by atoms with Crippen molar-refractivity contribution >= 4 is 23.6 Å². The summed E-state index contributed by atoms with van der Waals surface area (Å²) in [6.07, 6.45) is 5.82. The monoisotopic (exact) mass is 420 g/mol. The van der Waals surface area contributed by atoms with Crippen LogP contribution in [0.15, 0.2) is 47.5 Å². The Hall–Kier alpha value is -2.73. The lowest BCUT2D eigenvalue weighted by Gasteiger charge is -2.23. The van der Waals surface area contributed by atoms with Gasteiger partial charge in [-0.15, -0.1) is 0 Å². The fourth-order valence-electron chi connectivity index (χ4n) is 3.62. The first-order chi connectivity index (χ1) is 14.6. The molecule has 1 aliphatic heterocycles. The predicted octanol–water partition coefficient (Wildman–Crippen LogP) is 6.24. The van der Waals surface area contributed by atoms with Crippen LogP contribution in [0, 0.1) is 13.8 Å². The first-order valence-electron chi connectivity index (χ1n) is 10.6. The molecule has 156 valence electrons. The summed E-state index contributed by atoms with van der Waals surface area (Å²) in [5.74, 6) is 1.73. The quantitative estimate of drug-likeness (QED) is 0.350. The lowest BCUT2D eigenvalue weighted by Crippen LogP contribution is -2.28. The highest BCUT2D eigenvalue weighted by molar-refractivity contribution is 7.07. The van der Waals surface area contributed by atoms with Crippen LogP contribution in [0.5, 0.6) is 10.9 Å². The van der Waals surface area contributed by atoms with E-state index in [9.17, 15) is 0 Å². The summed E-state index contributed by atoms with van der Waals surface area (Å²) in [4.78, 5) is 11.6. The first-order valence-corrected chi connectivity index (χ1v) is 11.3. The van der Waals surface area contributed by atoms with Gasteiger partial charge in [-0.05, 0) is 61.9 Å². The minimum atomic E-state index is 0.133. The van der Waals surface area contributed by atoms with Crippen molar-refractivity contribution in [3.05, 3.63) is 65.0 Å². The maximum Gasteiger partial charge on any atom is 0.298 e. The summed E-state index contributed by atoms with van der Waals surface area (Å²) >= 11 is 1.30. The smallest absolute Gasteiger partial charge is 0.298 e. The molecule has 2 heterocycles. The molecular weight excluding hydrogens is 392 g/mol. The first kappa shape index (κ1) is 20.5. The van der Waals surface area contributed by atoms with Crippen molar-refractivity contribution in [1.82, 2.24) is 14.3 Å². The molecule has 30 heavy (non-hydrogen) atoms. The van der Waals surface area contributed by atoms with E-state index >= 15 is 0 Å². The zero-order chi connectivity index (χ0) is 20.9. The van der Waals surface area contributed by atoms with Crippen molar-refractivity contribution in [2.75, 3.05) is 13.1 Å². The van der Waals surface area contributed by atoms with E-state index in [1.807, 2.05) is 37.5 Å². The van der Waals surface area contributed by atoms with E-state index in [4.69, 9.17) is 9.73 Å². The molecule has 5 nitrogen and oxygen atoms in total. The SMILES string of the molecule is Cc1cc(Oc2nc(C(C)c3ccccc3)ns2)c(C)cc1/N=C\N1CCCCC1. The topological polar surface area (TPSA) is 50.6 Å². The predicted molar refractivity (Wildman–Crippen MR) is 123 cm³/mol. The highest BCUT2D eigenvalue weighted by Crippen LogP contribution is 2.33. The number of hydrogen-bond acceptors (Lipinski definition) is 5. The Bertz CT molecular complexity index is 1010. The third-order valence-electron chi connectivity index (χ3n) is 5.55. The molecule has 2 aromatic carbocycles. The molecule has 1 unspecified atom stereocenters. The molecule has 4 rings (SSSR count). The van der Waals surface area contributed by atoms with Gasteiger partial charge in [0.25, 0.3) is 5.19 Å². The van der Waals surface area contributed by atoms with E-state index in [0.29, 0.717) is 5.19 Å². The maximum atomic E-state index is 6.09. The number of aryl methyl sites for hydroxylation is 2. The van der Waals surface area contributed by atoms with E-state index < -0.39 is 0 Å². The second kappa shape index (κ2) is 9.39. The van der Waals surface area contributed by atoms with Crippen LogP contribution in [0.25, 0.3) is 0 Å². The number of aliphatic imine (C=N–C) groups is 1. The molecule has 1 fully saturated rings. The summed E-state index contributed by atoms with van der Waals surface area (Å²) in [7, 11) is 0. The maximum absolute atomic E-state index is 6.09. The fraction of sp³-hybridized carbons (Fsp3) is 0.375. The van der Waals surface area contributed by atoms with E-state index in [2.05, 4.69) is 46.3 Å². The molecule has 0 N–H and O–H groups in total. The van der Waals surface area contributed by atoms with Gasteiger partial charge in [-0.3, -0.25) is 0 Å². The van der Waals surface area contributed by atoms with E-state index in [-0.39, 0.29) is 5.92 Å². The second-order valence-corrected chi connectivity index (χ2v) is 8.61. The van der Waals surface area contributed by atoms with Crippen molar-refractivity contribution in [3.8, 4) is 10.9 Å². The van der Waals surface area contributed by atoms with E-state index in [1.165, 1.54) is 36.4 Å². The molecule has 3 aromatic rings. The standard InChI is InChI=1S/C24H28N4OS/c1-17-15-22(18(2)14-21(17)25-16-28-12-8-5-9-13-28)29-24-26-23(27-30-24)19(3)20-10-6-4-7-11-20/h4,6-7,10-11,14-16,19H,5,8-9,12-13H2,1-3H3/b25-16-. The minimum absolute atomic E-state index is 0.133. The summed E-state index contributed by atoms with van der Waals surface area (Å²) in [5, 5.41) is 0.569. The Labute approximate surface area is 182 Å². The summed E-state index contributed by atoms with van der Waals surface area (Å²) < 4.78 is 10.6. The number of ether oxygens (including phenoxy) is 1. The van der Waals surface area contributed by atoms with Gasteiger partial charge in [-0.1, -0.05) is 37.3 Å². The second-order valence-electron chi connectivity index (χ2n) is 7.90. The molecule has 0 radical (unpaired) electrons. The number of likely N-dealkylation sites (tertiary alicyclic amines) is 1. The molecule has 1 aromatic heterocycles. The molecule has 6 heteroatoms. The van der Waals surface area contributed by atoms with Crippen LogP contribution in [0.3, 0.4) is 0 Å². The normalized spacial score (nSPS) is 15.5. The molecule has 1 atom stereocenters. The Morgan fingerprint density at radius 3 is 2.60 bits per heavy atom. The number of hydrogen-bond donors (Lipinski definition) is 0. The highest BCUT2D eigenvalue weighted by Gasteiger charge is 2.16. The Kier molecular flexibility index (Phi) is 6.43. The van der Waals surface area contributed by atoms with Gasteiger partial charge in [-0.2, -0.15) is 9.36 Å². The third kappa shape index (κ3) is 4.87. The van der Waals surface area contributed by atoms with Gasteiger partial charge in [0, 0.05) is 30.5 Å². The van der Waals surface area contributed by atoms with Crippen molar-refractivity contribution in [1.29, 1.82) is 0 Å². The number of nitrogens with zero attached hydrogens (tertiary/aromatic N) is 4.